The predicted octanol–water partition coefficient (Wildman–Crippen LogP) is 4.29. The number of fused-ring (bicyclic) bond motifs is 1. The molecule has 2 aromatic rings. The lowest BCUT2D eigenvalue weighted by Crippen LogP contribution is -2.19. The summed E-state index contributed by atoms with van der Waals surface area (Å²) in [5, 5.41) is 5.14. The summed E-state index contributed by atoms with van der Waals surface area (Å²) in [7, 11) is 1.70. The molecule has 20 heavy (non-hydrogen) atoms. The topological polar surface area (TPSA) is 34.4 Å². The number of halogens is 1. The monoisotopic (exact) mass is 295 g/mol. The Bertz CT molecular complexity index is 590. The molecule has 2 rings (SSSR count). The predicted molar refractivity (Wildman–Crippen MR) is 83.2 cm³/mol. The molecule has 3 nitrogen and oxygen atoms in total. The Kier molecular flexibility index (Phi) is 5.08. The number of rotatable bonds is 6. The second kappa shape index (κ2) is 6.61. The number of hydrogen-bond acceptors (Lipinski definition) is 3. The Balaban J connectivity index is 2.40. The van der Waals surface area contributed by atoms with Gasteiger partial charge in [0.15, 0.2) is 5.58 Å². The van der Waals surface area contributed by atoms with Crippen LogP contribution in [0.3, 0.4) is 0 Å². The van der Waals surface area contributed by atoms with Crippen molar-refractivity contribution < 1.29 is 9.15 Å². The molecule has 110 valence electrons. The first-order valence-corrected chi connectivity index (χ1v) is 7.31. The Labute approximate surface area is 125 Å². The normalized spacial score (nSPS) is 11.7. The summed E-state index contributed by atoms with van der Waals surface area (Å²) < 4.78 is 11.3. The summed E-state index contributed by atoms with van der Waals surface area (Å²) >= 11 is 6.24. The number of nitrogens with one attached hydrogen (secondary N) is 1. The zero-order valence-corrected chi connectivity index (χ0v) is 13.3. The highest BCUT2D eigenvalue weighted by molar-refractivity contribution is 6.35. The highest BCUT2D eigenvalue weighted by Gasteiger charge is 2.17. The van der Waals surface area contributed by atoms with Crippen molar-refractivity contribution in [2.24, 2.45) is 5.92 Å². The lowest BCUT2D eigenvalue weighted by Gasteiger charge is -2.07. The van der Waals surface area contributed by atoms with Crippen LogP contribution in [0.4, 0.5) is 0 Å². The smallest absolute Gasteiger partial charge is 0.153 e. The van der Waals surface area contributed by atoms with Crippen molar-refractivity contribution in [2.45, 2.75) is 33.9 Å². The van der Waals surface area contributed by atoms with Crippen LogP contribution in [0.25, 0.3) is 11.0 Å². The molecule has 0 fully saturated rings. The maximum Gasteiger partial charge on any atom is 0.153 e. The maximum absolute atomic E-state index is 6.24. The molecule has 0 atom stereocenters. The average Bonchev–Trinajstić information content (AvgIpc) is 2.75. The second-order valence-electron chi connectivity index (χ2n) is 5.53. The molecule has 0 aliphatic rings. The lowest BCUT2D eigenvalue weighted by molar-refractivity contribution is 0.183. The molecule has 0 saturated heterocycles. The standard InChI is InChI=1S/C16H22ClNO2/c1-10(2)7-18-8-14-12(9-19-4)15-11(3)5-6-13(17)16(15)20-14/h5-6,10,18H,7-9H2,1-4H3. The minimum absolute atomic E-state index is 0.535. The first-order chi connectivity index (χ1) is 9.54. The molecule has 1 aromatic heterocycles. The summed E-state index contributed by atoms with van der Waals surface area (Å²) in [6.07, 6.45) is 0. The summed E-state index contributed by atoms with van der Waals surface area (Å²) in [5.74, 6) is 1.52. The minimum atomic E-state index is 0.535. The quantitative estimate of drug-likeness (QED) is 0.863. The maximum atomic E-state index is 6.24. The summed E-state index contributed by atoms with van der Waals surface area (Å²) in [5.41, 5.74) is 3.02. The van der Waals surface area contributed by atoms with Crippen molar-refractivity contribution in [2.75, 3.05) is 13.7 Å². The van der Waals surface area contributed by atoms with Crippen LogP contribution in [0.5, 0.6) is 0 Å². The molecule has 0 unspecified atom stereocenters. The second-order valence-corrected chi connectivity index (χ2v) is 5.94. The number of benzene rings is 1. The van der Waals surface area contributed by atoms with Gasteiger partial charge < -0.3 is 14.5 Å². The van der Waals surface area contributed by atoms with E-state index < -0.39 is 0 Å². The average molecular weight is 296 g/mol. The van der Waals surface area contributed by atoms with Gasteiger partial charge in [-0.3, -0.25) is 0 Å². The van der Waals surface area contributed by atoms with E-state index in [4.69, 9.17) is 20.8 Å². The van der Waals surface area contributed by atoms with E-state index in [0.29, 0.717) is 24.1 Å². The summed E-state index contributed by atoms with van der Waals surface area (Å²) in [6.45, 7) is 8.62. The van der Waals surface area contributed by atoms with Crippen LogP contribution in [-0.4, -0.2) is 13.7 Å². The first kappa shape index (κ1) is 15.4. The van der Waals surface area contributed by atoms with Crippen molar-refractivity contribution in [1.82, 2.24) is 5.32 Å². The largest absolute Gasteiger partial charge is 0.458 e. The fourth-order valence-electron chi connectivity index (χ4n) is 2.37. The molecule has 4 heteroatoms. The molecular weight excluding hydrogens is 274 g/mol. The van der Waals surface area contributed by atoms with E-state index in [1.54, 1.807) is 7.11 Å². The van der Waals surface area contributed by atoms with Crippen molar-refractivity contribution in [1.29, 1.82) is 0 Å². The fraction of sp³-hybridized carbons (Fsp3) is 0.500. The highest BCUT2D eigenvalue weighted by Crippen LogP contribution is 2.34. The van der Waals surface area contributed by atoms with E-state index in [1.165, 1.54) is 0 Å². The molecule has 0 aliphatic carbocycles. The van der Waals surface area contributed by atoms with Gasteiger partial charge in [-0.2, -0.15) is 0 Å². The van der Waals surface area contributed by atoms with E-state index in [1.807, 2.05) is 12.1 Å². The van der Waals surface area contributed by atoms with Gasteiger partial charge >= 0.3 is 0 Å². The van der Waals surface area contributed by atoms with Gasteiger partial charge in [-0.1, -0.05) is 31.5 Å². The Morgan fingerprint density at radius 1 is 1.35 bits per heavy atom. The van der Waals surface area contributed by atoms with Crippen LogP contribution in [0, 0.1) is 12.8 Å². The van der Waals surface area contributed by atoms with Gasteiger partial charge in [0, 0.05) is 18.1 Å². The van der Waals surface area contributed by atoms with Crippen LogP contribution in [0.15, 0.2) is 16.5 Å². The number of aryl methyl sites for hydroxylation is 1. The number of methoxy groups -OCH3 is 1. The third-order valence-electron chi connectivity index (χ3n) is 3.31. The zero-order valence-electron chi connectivity index (χ0n) is 12.5. The SMILES string of the molecule is COCc1c(CNCC(C)C)oc2c(Cl)ccc(C)c12. The van der Waals surface area contributed by atoms with E-state index in [-0.39, 0.29) is 0 Å². The molecule has 0 bridgehead atoms. The van der Waals surface area contributed by atoms with Gasteiger partial charge in [0.25, 0.3) is 0 Å². The van der Waals surface area contributed by atoms with Crippen LogP contribution >= 0.6 is 11.6 Å². The third-order valence-corrected chi connectivity index (χ3v) is 3.61. The van der Waals surface area contributed by atoms with E-state index in [9.17, 15) is 0 Å². The van der Waals surface area contributed by atoms with Gasteiger partial charge in [-0.15, -0.1) is 0 Å². The van der Waals surface area contributed by atoms with Crippen molar-refractivity contribution >= 4 is 22.6 Å². The van der Waals surface area contributed by atoms with Crippen molar-refractivity contribution in [3.8, 4) is 0 Å². The zero-order chi connectivity index (χ0) is 14.7. The molecule has 1 heterocycles. The van der Waals surface area contributed by atoms with Crippen molar-refractivity contribution in [3.63, 3.8) is 0 Å². The van der Waals surface area contributed by atoms with E-state index in [0.717, 1.165) is 34.4 Å². The van der Waals surface area contributed by atoms with Crippen molar-refractivity contribution in [3.05, 3.63) is 34.0 Å². The molecule has 1 N–H and O–H groups in total. The molecule has 0 radical (unpaired) electrons. The molecule has 0 amide bonds. The number of ether oxygens (including phenoxy) is 1. The van der Waals surface area contributed by atoms with Gasteiger partial charge in [-0.25, -0.2) is 0 Å². The lowest BCUT2D eigenvalue weighted by atomic mass is 10.1. The molecule has 0 aliphatic heterocycles. The highest BCUT2D eigenvalue weighted by atomic mass is 35.5. The van der Waals surface area contributed by atoms with Gasteiger partial charge in [0.2, 0.25) is 0 Å². The molecule has 1 aromatic carbocycles. The minimum Gasteiger partial charge on any atom is -0.458 e. The van der Waals surface area contributed by atoms with E-state index >= 15 is 0 Å². The van der Waals surface area contributed by atoms with Gasteiger partial charge in [0.05, 0.1) is 18.2 Å². The Morgan fingerprint density at radius 2 is 2.10 bits per heavy atom. The fourth-order valence-corrected chi connectivity index (χ4v) is 2.56. The first-order valence-electron chi connectivity index (χ1n) is 6.93. The summed E-state index contributed by atoms with van der Waals surface area (Å²) in [6, 6.07) is 3.90. The van der Waals surface area contributed by atoms with Crippen LogP contribution in [0.2, 0.25) is 5.02 Å². The van der Waals surface area contributed by atoms with Gasteiger partial charge in [0.1, 0.15) is 5.76 Å². The van der Waals surface area contributed by atoms with Gasteiger partial charge in [-0.05, 0) is 31.0 Å². The van der Waals surface area contributed by atoms with Crippen LogP contribution in [0.1, 0.15) is 30.7 Å². The number of furan rings is 1. The summed E-state index contributed by atoms with van der Waals surface area (Å²) in [4.78, 5) is 0. The molecular formula is C16H22ClNO2. The van der Waals surface area contributed by atoms with E-state index in [2.05, 4.69) is 26.1 Å². The molecule has 0 spiro atoms. The molecule has 0 saturated carbocycles. The van der Waals surface area contributed by atoms with Crippen LogP contribution < -0.4 is 5.32 Å². The third kappa shape index (κ3) is 3.17. The Morgan fingerprint density at radius 3 is 2.75 bits per heavy atom. The van der Waals surface area contributed by atoms with Crippen LogP contribution in [-0.2, 0) is 17.9 Å². The Hall–Kier alpha value is -1.03. The number of hydrogen-bond donors (Lipinski definition) is 1.